The predicted molar refractivity (Wildman–Crippen MR) is 80.4 cm³/mol. The van der Waals surface area contributed by atoms with Crippen LogP contribution in [0.4, 0.5) is 0 Å². The minimum atomic E-state index is -0.342. The van der Waals surface area contributed by atoms with Gasteiger partial charge in [-0.2, -0.15) is 0 Å². The highest BCUT2D eigenvalue weighted by atomic mass is 16.3. The van der Waals surface area contributed by atoms with Crippen molar-refractivity contribution in [2.24, 2.45) is 5.41 Å². The number of aliphatic hydroxyl groups is 1. The molecule has 3 nitrogen and oxygen atoms in total. The molecule has 1 amide bonds. The van der Waals surface area contributed by atoms with Crippen molar-refractivity contribution < 1.29 is 9.90 Å². The number of rotatable bonds is 6. The molecule has 0 heterocycles. The first-order chi connectivity index (χ1) is 9.36. The molecule has 2 rings (SSSR count). The van der Waals surface area contributed by atoms with Crippen LogP contribution in [0.15, 0.2) is 30.3 Å². The monoisotopic (exact) mass is 275 g/mol. The summed E-state index contributed by atoms with van der Waals surface area (Å²) in [6.45, 7) is 6.53. The van der Waals surface area contributed by atoms with Crippen LogP contribution in [0, 0.1) is 5.41 Å². The molecule has 0 radical (unpaired) electrons. The van der Waals surface area contributed by atoms with Crippen LogP contribution in [-0.4, -0.2) is 23.7 Å². The van der Waals surface area contributed by atoms with Gasteiger partial charge < -0.3 is 10.4 Å². The van der Waals surface area contributed by atoms with Crippen molar-refractivity contribution in [1.82, 2.24) is 5.32 Å². The van der Waals surface area contributed by atoms with Crippen molar-refractivity contribution in [2.75, 3.05) is 6.54 Å². The zero-order valence-electron chi connectivity index (χ0n) is 12.6. The van der Waals surface area contributed by atoms with E-state index in [1.54, 1.807) is 6.92 Å². The molecule has 0 spiro atoms. The number of hydrogen-bond acceptors (Lipinski definition) is 2. The summed E-state index contributed by atoms with van der Waals surface area (Å²) in [5.41, 5.74) is 0.726. The first kappa shape index (κ1) is 15.0. The number of hydrogen-bond donors (Lipinski definition) is 2. The third-order valence-corrected chi connectivity index (χ3v) is 4.09. The summed E-state index contributed by atoms with van der Waals surface area (Å²) in [6.07, 6.45) is 2.20. The van der Waals surface area contributed by atoms with Crippen molar-refractivity contribution in [1.29, 1.82) is 0 Å². The van der Waals surface area contributed by atoms with Crippen molar-refractivity contribution in [2.45, 2.75) is 51.6 Å². The van der Waals surface area contributed by atoms with E-state index in [-0.39, 0.29) is 22.8 Å². The third-order valence-electron chi connectivity index (χ3n) is 4.09. The summed E-state index contributed by atoms with van der Waals surface area (Å²) in [7, 11) is 0. The summed E-state index contributed by atoms with van der Waals surface area (Å²) in [5.74, 6) is 0.127. The second-order valence-electron chi connectivity index (χ2n) is 6.85. The fourth-order valence-electron chi connectivity index (χ4n) is 2.89. The molecular formula is C17H25NO2. The van der Waals surface area contributed by atoms with E-state index in [4.69, 9.17) is 0 Å². The van der Waals surface area contributed by atoms with Crippen molar-refractivity contribution in [3.63, 3.8) is 0 Å². The molecule has 1 aliphatic rings. The lowest BCUT2D eigenvalue weighted by molar-refractivity contribution is -0.124. The minimum Gasteiger partial charge on any atom is -0.393 e. The Morgan fingerprint density at radius 2 is 1.95 bits per heavy atom. The lowest BCUT2D eigenvalue weighted by Crippen LogP contribution is -2.41. The Bertz CT molecular complexity index is 461. The van der Waals surface area contributed by atoms with Crippen molar-refractivity contribution in [3.8, 4) is 0 Å². The molecule has 20 heavy (non-hydrogen) atoms. The zero-order chi connectivity index (χ0) is 14.8. The SMILES string of the molecule is CC(O)CC(C)(C)CNC(=O)C1(c2ccccc2)CC1. The van der Waals surface area contributed by atoms with Crippen LogP contribution in [-0.2, 0) is 10.2 Å². The molecule has 2 N–H and O–H groups in total. The smallest absolute Gasteiger partial charge is 0.230 e. The average molecular weight is 275 g/mol. The Morgan fingerprint density at radius 1 is 1.35 bits per heavy atom. The molecular weight excluding hydrogens is 250 g/mol. The summed E-state index contributed by atoms with van der Waals surface area (Å²) < 4.78 is 0. The largest absolute Gasteiger partial charge is 0.393 e. The summed E-state index contributed by atoms with van der Waals surface area (Å²) in [5, 5.41) is 12.6. The molecule has 0 saturated heterocycles. The topological polar surface area (TPSA) is 49.3 Å². The van der Waals surface area contributed by atoms with Crippen molar-refractivity contribution >= 4 is 5.91 Å². The Balaban J connectivity index is 1.96. The Kier molecular flexibility index (Phi) is 4.19. The molecule has 1 unspecified atom stereocenters. The Hall–Kier alpha value is -1.35. The van der Waals surface area contributed by atoms with Gasteiger partial charge >= 0.3 is 0 Å². The van der Waals surface area contributed by atoms with E-state index < -0.39 is 0 Å². The Morgan fingerprint density at radius 3 is 2.45 bits per heavy atom. The van der Waals surface area contributed by atoms with Gasteiger partial charge in [0, 0.05) is 6.54 Å². The Labute approximate surface area is 121 Å². The maximum absolute atomic E-state index is 12.5. The van der Waals surface area contributed by atoms with Crippen LogP contribution >= 0.6 is 0 Å². The molecule has 0 bridgehead atoms. The van der Waals surface area contributed by atoms with Gasteiger partial charge in [0.2, 0.25) is 5.91 Å². The maximum atomic E-state index is 12.5. The minimum absolute atomic E-state index is 0.0867. The van der Waals surface area contributed by atoms with Crippen LogP contribution < -0.4 is 5.32 Å². The van der Waals surface area contributed by atoms with E-state index in [1.807, 2.05) is 30.3 Å². The highest BCUT2D eigenvalue weighted by molar-refractivity contribution is 5.91. The zero-order valence-corrected chi connectivity index (χ0v) is 12.6. The number of carbonyl (C=O) groups excluding carboxylic acids is 1. The fourth-order valence-corrected chi connectivity index (χ4v) is 2.89. The summed E-state index contributed by atoms with van der Waals surface area (Å²) in [6, 6.07) is 10.0. The van der Waals surface area contributed by atoms with Crippen LogP contribution in [0.3, 0.4) is 0 Å². The van der Waals surface area contributed by atoms with Gasteiger partial charge in [0.1, 0.15) is 0 Å². The third kappa shape index (κ3) is 3.40. The molecule has 1 aliphatic carbocycles. The first-order valence-corrected chi connectivity index (χ1v) is 7.38. The number of aliphatic hydroxyl groups excluding tert-OH is 1. The van der Waals surface area contributed by atoms with Crippen LogP contribution in [0.5, 0.6) is 0 Å². The lowest BCUT2D eigenvalue weighted by atomic mass is 9.86. The first-order valence-electron chi connectivity index (χ1n) is 7.38. The number of carbonyl (C=O) groups is 1. The molecule has 1 saturated carbocycles. The van der Waals surface area contributed by atoms with Crippen LogP contribution in [0.25, 0.3) is 0 Å². The molecule has 0 aliphatic heterocycles. The molecule has 3 heteroatoms. The van der Waals surface area contributed by atoms with Gasteiger partial charge in [-0.05, 0) is 37.2 Å². The van der Waals surface area contributed by atoms with E-state index in [0.29, 0.717) is 13.0 Å². The van der Waals surface area contributed by atoms with Gasteiger partial charge in [-0.15, -0.1) is 0 Å². The van der Waals surface area contributed by atoms with Gasteiger partial charge in [-0.1, -0.05) is 44.2 Å². The van der Waals surface area contributed by atoms with Gasteiger partial charge in [-0.3, -0.25) is 4.79 Å². The second-order valence-corrected chi connectivity index (χ2v) is 6.85. The molecule has 0 aromatic heterocycles. The van der Waals surface area contributed by atoms with E-state index in [1.165, 1.54) is 0 Å². The summed E-state index contributed by atoms with van der Waals surface area (Å²) in [4.78, 5) is 12.5. The van der Waals surface area contributed by atoms with Gasteiger partial charge in [-0.25, -0.2) is 0 Å². The normalized spacial score (nSPS) is 18.4. The van der Waals surface area contributed by atoms with Crippen molar-refractivity contribution in [3.05, 3.63) is 35.9 Å². The van der Waals surface area contributed by atoms with Gasteiger partial charge in [0.15, 0.2) is 0 Å². The highest BCUT2D eigenvalue weighted by Gasteiger charge is 2.51. The van der Waals surface area contributed by atoms with Crippen LogP contribution in [0.2, 0.25) is 0 Å². The van der Waals surface area contributed by atoms with Gasteiger partial charge in [0.25, 0.3) is 0 Å². The molecule has 110 valence electrons. The molecule has 1 atom stereocenters. The second kappa shape index (κ2) is 5.57. The van der Waals surface area contributed by atoms with E-state index >= 15 is 0 Å². The fraction of sp³-hybridized carbons (Fsp3) is 0.588. The maximum Gasteiger partial charge on any atom is 0.230 e. The van der Waals surface area contributed by atoms with E-state index in [2.05, 4.69) is 19.2 Å². The lowest BCUT2D eigenvalue weighted by Gasteiger charge is -2.27. The predicted octanol–water partition coefficient (Wildman–Crippen LogP) is 2.63. The number of benzene rings is 1. The standard InChI is InChI=1S/C17H25NO2/c1-13(19)11-16(2,3)12-18-15(20)17(9-10-17)14-7-5-4-6-8-14/h4-8,13,19H,9-12H2,1-3H3,(H,18,20). The number of nitrogens with one attached hydrogen (secondary N) is 1. The molecule has 1 aromatic carbocycles. The van der Waals surface area contributed by atoms with E-state index in [0.717, 1.165) is 18.4 Å². The molecule has 1 aromatic rings. The highest BCUT2D eigenvalue weighted by Crippen LogP contribution is 2.48. The van der Waals surface area contributed by atoms with Crippen LogP contribution in [0.1, 0.15) is 45.6 Å². The van der Waals surface area contributed by atoms with E-state index in [9.17, 15) is 9.90 Å². The number of amides is 1. The summed E-state index contributed by atoms with van der Waals surface area (Å²) >= 11 is 0. The quantitative estimate of drug-likeness (QED) is 0.838. The average Bonchev–Trinajstić information content (AvgIpc) is 3.17. The van der Waals surface area contributed by atoms with Gasteiger partial charge in [0.05, 0.1) is 11.5 Å². The molecule has 1 fully saturated rings.